The van der Waals surface area contributed by atoms with E-state index in [9.17, 15) is 0 Å². The van der Waals surface area contributed by atoms with Crippen molar-refractivity contribution in [3.05, 3.63) is 62.8 Å². The van der Waals surface area contributed by atoms with Gasteiger partial charge in [-0.3, -0.25) is 9.88 Å². The molecule has 20 heavy (non-hydrogen) atoms. The molecule has 0 aliphatic rings. The fraction of sp³-hybridized carbons (Fsp3) is 0.312. The zero-order valence-electron chi connectivity index (χ0n) is 11.7. The van der Waals surface area contributed by atoms with E-state index in [4.69, 9.17) is 11.6 Å². The summed E-state index contributed by atoms with van der Waals surface area (Å²) in [5, 5.41) is 0.801. The molecule has 2 nitrogen and oxygen atoms in total. The van der Waals surface area contributed by atoms with E-state index >= 15 is 0 Å². The van der Waals surface area contributed by atoms with Crippen LogP contribution >= 0.6 is 27.5 Å². The van der Waals surface area contributed by atoms with Crippen LogP contribution in [0.5, 0.6) is 0 Å². The molecular weight excluding hydrogens is 336 g/mol. The van der Waals surface area contributed by atoms with Gasteiger partial charge < -0.3 is 0 Å². The van der Waals surface area contributed by atoms with Crippen molar-refractivity contribution in [1.29, 1.82) is 0 Å². The van der Waals surface area contributed by atoms with E-state index in [-0.39, 0.29) is 0 Å². The number of rotatable bonds is 5. The van der Waals surface area contributed by atoms with Crippen LogP contribution in [0.3, 0.4) is 0 Å². The van der Waals surface area contributed by atoms with E-state index in [2.05, 4.69) is 50.9 Å². The number of halogens is 2. The molecule has 0 radical (unpaired) electrons. The Morgan fingerprint density at radius 1 is 1.20 bits per heavy atom. The molecular formula is C16H18BrClN2. The lowest BCUT2D eigenvalue weighted by Gasteiger charge is -2.21. The van der Waals surface area contributed by atoms with Crippen LogP contribution in [0.4, 0.5) is 0 Å². The highest BCUT2D eigenvalue weighted by atomic mass is 79.9. The van der Waals surface area contributed by atoms with Crippen molar-refractivity contribution < 1.29 is 0 Å². The third-order valence-corrected chi connectivity index (χ3v) is 4.03. The zero-order valence-corrected chi connectivity index (χ0v) is 14.1. The smallest absolute Gasteiger partial charge is 0.0547 e. The van der Waals surface area contributed by atoms with Crippen LogP contribution in [0.15, 0.2) is 40.9 Å². The molecule has 0 saturated carbocycles. The van der Waals surface area contributed by atoms with Gasteiger partial charge in [0.15, 0.2) is 0 Å². The second-order valence-electron chi connectivity index (χ2n) is 4.81. The van der Waals surface area contributed by atoms with Gasteiger partial charge in [0.05, 0.1) is 5.69 Å². The number of hydrogen-bond acceptors (Lipinski definition) is 2. The van der Waals surface area contributed by atoms with Gasteiger partial charge in [0.2, 0.25) is 0 Å². The SMILES string of the molecule is CCN(Cc1cccc(C)n1)Cc1ccc(Br)cc1Cl. The zero-order chi connectivity index (χ0) is 14.5. The summed E-state index contributed by atoms with van der Waals surface area (Å²) in [4.78, 5) is 6.89. The van der Waals surface area contributed by atoms with Crippen LogP contribution in [-0.2, 0) is 13.1 Å². The highest BCUT2D eigenvalue weighted by Crippen LogP contribution is 2.23. The Balaban J connectivity index is 2.09. The topological polar surface area (TPSA) is 16.1 Å². The summed E-state index contributed by atoms with van der Waals surface area (Å²) in [6, 6.07) is 12.2. The van der Waals surface area contributed by atoms with E-state index in [1.165, 1.54) is 0 Å². The van der Waals surface area contributed by atoms with E-state index < -0.39 is 0 Å². The Bertz CT molecular complexity index is 586. The largest absolute Gasteiger partial charge is 0.293 e. The highest BCUT2D eigenvalue weighted by Gasteiger charge is 2.09. The van der Waals surface area contributed by atoms with Crippen LogP contribution in [0, 0.1) is 6.92 Å². The number of hydrogen-bond donors (Lipinski definition) is 0. The monoisotopic (exact) mass is 352 g/mol. The van der Waals surface area contributed by atoms with Gasteiger partial charge in [-0.25, -0.2) is 0 Å². The normalized spacial score (nSPS) is 11.1. The summed E-state index contributed by atoms with van der Waals surface area (Å²) < 4.78 is 1.01. The van der Waals surface area contributed by atoms with Gasteiger partial charge in [-0.2, -0.15) is 0 Å². The summed E-state index contributed by atoms with van der Waals surface area (Å²) in [5.74, 6) is 0. The van der Waals surface area contributed by atoms with Crippen molar-refractivity contribution in [3.8, 4) is 0 Å². The molecule has 4 heteroatoms. The molecule has 0 N–H and O–H groups in total. The number of benzene rings is 1. The molecule has 1 aromatic heterocycles. The maximum Gasteiger partial charge on any atom is 0.0547 e. The van der Waals surface area contributed by atoms with Gasteiger partial charge in [0, 0.05) is 28.3 Å². The fourth-order valence-electron chi connectivity index (χ4n) is 2.09. The molecule has 0 unspecified atom stereocenters. The highest BCUT2D eigenvalue weighted by molar-refractivity contribution is 9.10. The third-order valence-electron chi connectivity index (χ3n) is 3.19. The van der Waals surface area contributed by atoms with Crippen molar-refractivity contribution in [1.82, 2.24) is 9.88 Å². The van der Waals surface area contributed by atoms with Crippen molar-refractivity contribution in [2.24, 2.45) is 0 Å². The van der Waals surface area contributed by atoms with Gasteiger partial charge in [0.25, 0.3) is 0 Å². The molecule has 0 bridgehead atoms. The number of pyridine rings is 1. The lowest BCUT2D eigenvalue weighted by Crippen LogP contribution is -2.23. The summed E-state index contributed by atoms with van der Waals surface area (Å²) in [7, 11) is 0. The molecule has 2 aromatic rings. The van der Waals surface area contributed by atoms with E-state index in [1.807, 2.05) is 25.1 Å². The van der Waals surface area contributed by atoms with E-state index in [0.717, 1.165) is 46.1 Å². The predicted molar refractivity (Wildman–Crippen MR) is 87.9 cm³/mol. The molecule has 106 valence electrons. The predicted octanol–water partition coefficient (Wildman–Crippen LogP) is 4.83. The molecule has 2 rings (SSSR count). The minimum atomic E-state index is 0.801. The molecule has 0 fully saturated rings. The van der Waals surface area contributed by atoms with Gasteiger partial charge >= 0.3 is 0 Å². The lowest BCUT2D eigenvalue weighted by molar-refractivity contribution is 0.268. The summed E-state index contributed by atoms with van der Waals surface area (Å²) in [6.45, 7) is 6.80. The molecule has 0 atom stereocenters. The average molecular weight is 354 g/mol. The summed E-state index contributed by atoms with van der Waals surface area (Å²) in [6.07, 6.45) is 0. The molecule has 0 amide bonds. The van der Waals surface area contributed by atoms with Crippen molar-refractivity contribution in [3.63, 3.8) is 0 Å². The Morgan fingerprint density at radius 3 is 2.65 bits per heavy atom. The molecule has 1 aromatic carbocycles. The van der Waals surface area contributed by atoms with E-state index in [1.54, 1.807) is 0 Å². The van der Waals surface area contributed by atoms with Crippen LogP contribution in [-0.4, -0.2) is 16.4 Å². The summed E-state index contributed by atoms with van der Waals surface area (Å²) in [5.41, 5.74) is 3.30. The van der Waals surface area contributed by atoms with Crippen LogP contribution in [0.25, 0.3) is 0 Å². The second-order valence-corrected chi connectivity index (χ2v) is 6.13. The minimum Gasteiger partial charge on any atom is -0.293 e. The molecule has 0 spiro atoms. The van der Waals surface area contributed by atoms with Gasteiger partial charge in [-0.15, -0.1) is 0 Å². The second kappa shape index (κ2) is 7.21. The third kappa shape index (κ3) is 4.30. The van der Waals surface area contributed by atoms with Crippen LogP contribution in [0.1, 0.15) is 23.9 Å². The maximum absolute atomic E-state index is 6.29. The Kier molecular flexibility index (Phi) is 5.58. The van der Waals surface area contributed by atoms with Crippen molar-refractivity contribution in [2.45, 2.75) is 26.9 Å². The average Bonchev–Trinajstić information content (AvgIpc) is 2.41. The first kappa shape index (κ1) is 15.5. The first-order valence-electron chi connectivity index (χ1n) is 6.67. The summed E-state index contributed by atoms with van der Waals surface area (Å²) >= 11 is 9.72. The first-order valence-corrected chi connectivity index (χ1v) is 7.84. The quantitative estimate of drug-likeness (QED) is 0.765. The number of aryl methyl sites for hydroxylation is 1. The van der Waals surface area contributed by atoms with Crippen LogP contribution < -0.4 is 0 Å². The Hall–Kier alpha value is -0.900. The minimum absolute atomic E-state index is 0.801. The van der Waals surface area contributed by atoms with Crippen molar-refractivity contribution in [2.75, 3.05) is 6.54 Å². The van der Waals surface area contributed by atoms with Crippen LogP contribution in [0.2, 0.25) is 5.02 Å². The molecule has 1 heterocycles. The van der Waals surface area contributed by atoms with Crippen molar-refractivity contribution >= 4 is 27.5 Å². The maximum atomic E-state index is 6.29. The van der Waals surface area contributed by atoms with E-state index in [0.29, 0.717) is 0 Å². The number of aromatic nitrogens is 1. The first-order chi connectivity index (χ1) is 9.58. The standard InChI is InChI=1S/C16H18BrClN2/c1-3-20(11-15-6-4-5-12(2)19-15)10-13-7-8-14(17)9-16(13)18/h4-9H,3,10-11H2,1-2H3. The Morgan fingerprint density at radius 2 is 2.00 bits per heavy atom. The fourth-order valence-corrected chi connectivity index (χ4v) is 2.82. The van der Waals surface area contributed by atoms with Gasteiger partial charge in [-0.1, -0.05) is 46.6 Å². The van der Waals surface area contributed by atoms with Gasteiger partial charge in [-0.05, 0) is 43.3 Å². The molecule has 0 aliphatic carbocycles. The lowest BCUT2D eigenvalue weighted by atomic mass is 10.2. The molecule has 0 aliphatic heterocycles. The molecule has 0 saturated heterocycles. The number of nitrogens with zero attached hydrogens (tertiary/aromatic N) is 2. The Labute approximate surface area is 133 Å². The van der Waals surface area contributed by atoms with Gasteiger partial charge in [0.1, 0.15) is 0 Å².